The van der Waals surface area contributed by atoms with Crippen molar-refractivity contribution in [3.8, 4) is 0 Å². The Labute approximate surface area is 155 Å². The number of hydrogen-bond acceptors (Lipinski definition) is 2. The lowest BCUT2D eigenvalue weighted by Crippen LogP contribution is -2.44. The van der Waals surface area contributed by atoms with E-state index in [0.29, 0.717) is 18.2 Å². The molecule has 5 nitrogen and oxygen atoms in total. The van der Waals surface area contributed by atoms with Gasteiger partial charge in [0.1, 0.15) is 0 Å². The third-order valence-corrected chi connectivity index (χ3v) is 3.92. The summed E-state index contributed by atoms with van der Waals surface area (Å²) < 4.78 is 0. The van der Waals surface area contributed by atoms with Crippen molar-refractivity contribution < 1.29 is 4.79 Å². The zero-order valence-corrected chi connectivity index (χ0v) is 16.0. The number of carbonyl (C=O) groups excluding carboxylic acids is 1. The number of rotatable bonds is 5. The van der Waals surface area contributed by atoms with Crippen LogP contribution in [0.2, 0.25) is 0 Å². The fourth-order valence-corrected chi connectivity index (χ4v) is 2.75. The number of nitrogens with zero attached hydrogens (tertiary/aromatic N) is 1. The van der Waals surface area contributed by atoms with Gasteiger partial charge in [-0.3, -0.25) is 4.79 Å². The maximum atomic E-state index is 11.2. The van der Waals surface area contributed by atoms with Crippen LogP contribution in [0, 0.1) is 0 Å². The molecule has 0 unspecified atom stereocenters. The van der Waals surface area contributed by atoms with Crippen molar-refractivity contribution in [1.82, 2.24) is 10.6 Å². The molecule has 128 valence electrons. The summed E-state index contributed by atoms with van der Waals surface area (Å²) in [5, 5.41) is 6.80. The summed E-state index contributed by atoms with van der Waals surface area (Å²) >= 11 is 0. The molecule has 0 aromatic heterocycles. The topological polar surface area (TPSA) is 79.5 Å². The first-order valence-electron chi connectivity index (χ1n) is 8.12. The number of amides is 1. The van der Waals surface area contributed by atoms with Gasteiger partial charge in [-0.15, -0.1) is 24.0 Å². The lowest BCUT2D eigenvalue weighted by Gasteiger charge is -2.24. The average molecular weight is 430 g/mol. The summed E-state index contributed by atoms with van der Waals surface area (Å²) in [6.07, 6.45) is 6.34. The Morgan fingerprint density at radius 1 is 1.30 bits per heavy atom. The van der Waals surface area contributed by atoms with Crippen LogP contribution in [0.3, 0.4) is 0 Å². The Hall–Kier alpha value is -1.31. The maximum absolute atomic E-state index is 11.2. The third-order valence-electron chi connectivity index (χ3n) is 3.92. The molecule has 0 radical (unpaired) electrons. The van der Waals surface area contributed by atoms with E-state index in [2.05, 4.69) is 22.5 Å². The quantitative estimate of drug-likeness (QED) is 0.382. The number of nitrogens with two attached hydrogens (primary N) is 1. The lowest BCUT2D eigenvalue weighted by atomic mass is 9.96. The van der Waals surface area contributed by atoms with Gasteiger partial charge in [-0.05, 0) is 37.5 Å². The molecular formula is C17H27IN4O. The van der Waals surface area contributed by atoms with Gasteiger partial charge < -0.3 is 16.4 Å². The van der Waals surface area contributed by atoms with Crippen molar-refractivity contribution in [3.63, 3.8) is 0 Å². The van der Waals surface area contributed by atoms with Crippen molar-refractivity contribution >= 4 is 35.8 Å². The van der Waals surface area contributed by atoms with Crippen LogP contribution in [0.15, 0.2) is 29.3 Å². The highest BCUT2D eigenvalue weighted by molar-refractivity contribution is 14.0. The van der Waals surface area contributed by atoms with Gasteiger partial charge >= 0.3 is 0 Å². The van der Waals surface area contributed by atoms with Gasteiger partial charge in [-0.1, -0.05) is 31.4 Å². The second-order valence-corrected chi connectivity index (χ2v) is 5.74. The van der Waals surface area contributed by atoms with Crippen molar-refractivity contribution in [2.45, 2.75) is 51.6 Å². The van der Waals surface area contributed by atoms with E-state index in [-0.39, 0.29) is 24.0 Å². The molecule has 0 saturated heterocycles. The van der Waals surface area contributed by atoms with Gasteiger partial charge in [0, 0.05) is 18.2 Å². The second-order valence-electron chi connectivity index (χ2n) is 5.74. The normalized spacial score (nSPS) is 15.6. The molecule has 1 amide bonds. The van der Waals surface area contributed by atoms with Crippen molar-refractivity contribution in [2.24, 2.45) is 10.7 Å². The van der Waals surface area contributed by atoms with Crippen LogP contribution in [-0.4, -0.2) is 24.5 Å². The van der Waals surface area contributed by atoms with E-state index in [9.17, 15) is 4.79 Å². The molecule has 1 aliphatic carbocycles. The summed E-state index contributed by atoms with van der Waals surface area (Å²) in [6, 6.07) is 7.84. The van der Waals surface area contributed by atoms with E-state index in [1.54, 1.807) is 12.1 Å². The number of hydrogen-bond donors (Lipinski definition) is 3. The van der Waals surface area contributed by atoms with Crippen LogP contribution in [0.1, 0.15) is 54.9 Å². The molecule has 0 spiro atoms. The Bertz CT molecular complexity index is 527. The first-order valence-corrected chi connectivity index (χ1v) is 8.12. The van der Waals surface area contributed by atoms with E-state index >= 15 is 0 Å². The first-order chi connectivity index (χ1) is 10.7. The largest absolute Gasteiger partial charge is 0.366 e. The molecule has 23 heavy (non-hydrogen) atoms. The van der Waals surface area contributed by atoms with Gasteiger partial charge in [0.05, 0.1) is 6.54 Å². The zero-order valence-electron chi connectivity index (χ0n) is 13.7. The molecule has 2 rings (SSSR count). The molecule has 1 aromatic carbocycles. The Morgan fingerprint density at radius 3 is 2.70 bits per heavy atom. The van der Waals surface area contributed by atoms with Crippen molar-refractivity contribution in [1.29, 1.82) is 0 Å². The summed E-state index contributed by atoms with van der Waals surface area (Å²) in [7, 11) is 0. The average Bonchev–Trinajstić information content (AvgIpc) is 2.54. The molecule has 1 aliphatic rings. The highest BCUT2D eigenvalue weighted by Gasteiger charge is 2.14. The Morgan fingerprint density at radius 2 is 2.04 bits per heavy atom. The highest BCUT2D eigenvalue weighted by Crippen LogP contribution is 2.17. The predicted molar refractivity (Wildman–Crippen MR) is 105 cm³/mol. The highest BCUT2D eigenvalue weighted by atomic mass is 127. The summed E-state index contributed by atoms with van der Waals surface area (Å²) in [6.45, 7) is 3.43. The number of guanidine groups is 1. The van der Waals surface area contributed by atoms with Crippen LogP contribution in [0.5, 0.6) is 0 Å². The van der Waals surface area contributed by atoms with E-state index in [1.165, 1.54) is 32.1 Å². The van der Waals surface area contributed by atoms with E-state index < -0.39 is 5.91 Å². The van der Waals surface area contributed by atoms with Crippen LogP contribution >= 0.6 is 24.0 Å². The molecule has 1 saturated carbocycles. The zero-order chi connectivity index (χ0) is 15.8. The van der Waals surface area contributed by atoms with E-state index in [4.69, 9.17) is 5.73 Å². The number of primary amides is 1. The lowest BCUT2D eigenvalue weighted by molar-refractivity contribution is 0.1000. The number of halogens is 1. The number of benzene rings is 1. The van der Waals surface area contributed by atoms with Crippen LogP contribution < -0.4 is 16.4 Å². The summed E-state index contributed by atoms with van der Waals surface area (Å²) in [5.74, 6) is 0.442. The molecule has 1 aromatic rings. The number of nitrogens with one attached hydrogen (secondary N) is 2. The van der Waals surface area contributed by atoms with Crippen LogP contribution in [0.25, 0.3) is 0 Å². The maximum Gasteiger partial charge on any atom is 0.248 e. The molecular weight excluding hydrogens is 403 g/mol. The van der Waals surface area contributed by atoms with Gasteiger partial charge in [0.15, 0.2) is 5.96 Å². The number of aliphatic imine (C=N–C) groups is 1. The molecule has 0 atom stereocenters. The van der Waals surface area contributed by atoms with Crippen molar-refractivity contribution in [2.75, 3.05) is 6.54 Å². The molecule has 1 fully saturated rings. The van der Waals surface area contributed by atoms with Gasteiger partial charge in [0.25, 0.3) is 0 Å². The molecule has 4 N–H and O–H groups in total. The van der Waals surface area contributed by atoms with Gasteiger partial charge in [-0.2, -0.15) is 0 Å². The SMILES string of the molecule is CCNC(=NCc1cccc(C(N)=O)c1)NC1CCCCC1.I. The van der Waals surface area contributed by atoms with E-state index in [0.717, 1.165) is 18.1 Å². The third kappa shape index (κ3) is 6.76. The minimum Gasteiger partial charge on any atom is -0.366 e. The molecule has 0 heterocycles. The van der Waals surface area contributed by atoms with Crippen LogP contribution in [-0.2, 0) is 6.54 Å². The van der Waals surface area contributed by atoms with Crippen LogP contribution in [0.4, 0.5) is 0 Å². The monoisotopic (exact) mass is 430 g/mol. The second kappa shape index (κ2) is 10.5. The molecule has 0 aliphatic heterocycles. The number of carbonyl (C=O) groups is 1. The minimum absolute atomic E-state index is 0. The molecule has 0 bridgehead atoms. The standard InChI is InChI=1S/C17H26N4O.HI/c1-2-19-17(21-15-9-4-3-5-10-15)20-12-13-7-6-8-14(11-13)16(18)22;/h6-8,11,15H,2-5,9-10,12H2,1H3,(H2,18,22)(H2,19,20,21);1H. The first kappa shape index (κ1) is 19.7. The summed E-state index contributed by atoms with van der Waals surface area (Å²) in [5.41, 5.74) is 6.82. The fourth-order valence-electron chi connectivity index (χ4n) is 2.75. The Kier molecular flexibility index (Phi) is 8.98. The van der Waals surface area contributed by atoms with Gasteiger partial charge in [0.2, 0.25) is 5.91 Å². The van der Waals surface area contributed by atoms with Crippen molar-refractivity contribution in [3.05, 3.63) is 35.4 Å². The Balaban J connectivity index is 0.00000264. The smallest absolute Gasteiger partial charge is 0.248 e. The summed E-state index contributed by atoms with van der Waals surface area (Å²) in [4.78, 5) is 15.8. The minimum atomic E-state index is -0.405. The van der Waals surface area contributed by atoms with E-state index in [1.807, 2.05) is 12.1 Å². The molecule has 6 heteroatoms. The van der Waals surface area contributed by atoms with Gasteiger partial charge in [-0.25, -0.2) is 4.99 Å². The fraction of sp³-hybridized carbons (Fsp3) is 0.529. The predicted octanol–water partition coefficient (Wildman–Crippen LogP) is 2.79.